The highest BCUT2D eigenvalue weighted by Gasteiger charge is 2.13. The van der Waals surface area contributed by atoms with Crippen LogP contribution in [-0.2, 0) is 9.59 Å². The fourth-order valence-corrected chi connectivity index (χ4v) is 0.622. The molecule has 0 saturated carbocycles. The van der Waals surface area contributed by atoms with Crippen molar-refractivity contribution in [1.29, 1.82) is 0 Å². The molecular formula is C6H10O3S. The van der Waals surface area contributed by atoms with E-state index in [1.165, 1.54) is 6.92 Å². The molecule has 1 unspecified atom stereocenters. The summed E-state index contributed by atoms with van der Waals surface area (Å²) in [5, 5.41) is 8.35. The molecule has 0 heterocycles. The standard InChI is InChI=1S/C6H10O3S/c1-4(6(8)9)2-5(7)3-10/h4,10H,2-3H2,1H3,(H,8,9). The third kappa shape index (κ3) is 3.50. The molecule has 0 amide bonds. The summed E-state index contributed by atoms with van der Waals surface area (Å²) in [7, 11) is 0. The lowest BCUT2D eigenvalue weighted by molar-refractivity contribution is -0.142. The summed E-state index contributed by atoms with van der Waals surface area (Å²) in [6.07, 6.45) is 0.0822. The third-order valence-corrected chi connectivity index (χ3v) is 1.48. The first-order valence-electron chi connectivity index (χ1n) is 2.93. The maximum absolute atomic E-state index is 10.6. The average Bonchev–Trinajstić information content (AvgIpc) is 1.87. The van der Waals surface area contributed by atoms with Crippen molar-refractivity contribution in [3.63, 3.8) is 0 Å². The summed E-state index contributed by atoms with van der Waals surface area (Å²) in [4.78, 5) is 20.8. The van der Waals surface area contributed by atoms with Crippen molar-refractivity contribution in [2.45, 2.75) is 13.3 Å². The van der Waals surface area contributed by atoms with Crippen LogP contribution in [0.4, 0.5) is 0 Å². The van der Waals surface area contributed by atoms with Gasteiger partial charge < -0.3 is 5.11 Å². The van der Waals surface area contributed by atoms with Crippen LogP contribution < -0.4 is 0 Å². The molecule has 0 bridgehead atoms. The predicted molar refractivity (Wildman–Crippen MR) is 40.3 cm³/mol. The molecule has 10 heavy (non-hydrogen) atoms. The molecule has 0 aliphatic rings. The molecule has 0 aliphatic heterocycles. The summed E-state index contributed by atoms with van der Waals surface area (Å²) >= 11 is 3.72. The number of rotatable bonds is 4. The zero-order valence-corrected chi connectivity index (χ0v) is 6.60. The van der Waals surface area contributed by atoms with Crippen molar-refractivity contribution >= 4 is 24.4 Å². The van der Waals surface area contributed by atoms with E-state index in [1.54, 1.807) is 0 Å². The van der Waals surface area contributed by atoms with Gasteiger partial charge in [-0.3, -0.25) is 9.59 Å². The fraction of sp³-hybridized carbons (Fsp3) is 0.667. The van der Waals surface area contributed by atoms with Crippen LogP contribution in [0.1, 0.15) is 13.3 Å². The molecule has 0 aromatic heterocycles. The Hall–Kier alpha value is -0.510. The monoisotopic (exact) mass is 162 g/mol. The van der Waals surface area contributed by atoms with E-state index in [-0.39, 0.29) is 18.0 Å². The quantitative estimate of drug-likeness (QED) is 0.595. The average molecular weight is 162 g/mol. The van der Waals surface area contributed by atoms with Gasteiger partial charge in [0.2, 0.25) is 0 Å². The minimum atomic E-state index is -0.935. The first-order chi connectivity index (χ1) is 4.57. The number of carbonyl (C=O) groups excluding carboxylic acids is 1. The van der Waals surface area contributed by atoms with Crippen LogP contribution in [0.2, 0.25) is 0 Å². The highest BCUT2D eigenvalue weighted by molar-refractivity contribution is 7.81. The molecule has 0 aliphatic carbocycles. The van der Waals surface area contributed by atoms with Crippen LogP contribution in [0.3, 0.4) is 0 Å². The zero-order chi connectivity index (χ0) is 8.15. The van der Waals surface area contributed by atoms with Gasteiger partial charge in [-0.2, -0.15) is 12.6 Å². The normalized spacial score (nSPS) is 12.6. The molecule has 0 radical (unpaired) electrons. The van der Waals surface area contributed by atoms with Crippen molar-refractivity contribution in [2.24, 2.45) is 5.92 Å². The second kappa shape index (κ2) is 4.33. The molecule has 1 N–H and O–H groups in total. The Kier molecular flexibility index (Phi) is 4.11. The van der Waals surface area contributed by atoms with Gasteiger partial charge in [0.25, 0.3) is 0 Å². The third-order valence-electron chi connectivity index (χ3n) is 1.13. The van der Waals surface area contributed by atoms with Crippen molar-refractivity contribution in [3.05, 3.63) is 0 Å². The molecule has 4 heteroatoms. The second-order valence-corrected chi connectivity index (χ2v) is 2.46. The van der Waals surface area contributed by atoms with Crippen LogP contribution in [-0.4, -0.2) is 22.6 Å². The second-order valence-electron chi connectivity index (χ2n) is 2.14. The van der Waals surface area contributed by atoms with Gasteiger partial charge >= 0.3 is 5.97 Å². The van der Waals surface area contributed by atoms with Gasteiger partial charge in [-0.25, -0.2) is 0 Å². The highest BCUT2D eigenvalue weighted by atomic mass is 32.1. The van der Waals surface area contributed by atoms with Gasteiger partial charge in [0.05, 0.1) is 5.92 Å². The molecule has 0 aromatic carbocycles. The van der Waals surface area contributed by atoms with E-state index in [0.717, 1.165) is 0 Å². The summed E-state index contributed by atoms with van der Waals surface area (Å²) in [5.74, 6) is -1.52. The topological polar surface area (TPSA) is 54.4 Å². The molecule has 0 rings (SSSR count). The van der Waals surface area contributed by atoms with Gasteiger partial charge in [-0.05, 0) is 0 Å². The van der Waals surface area contributed by atoms with E-state index in [4.69, 9.17) is 5.11 Å². The molecule has 0 aromatic rings. The number of hydrogen-bond donors (Lipinski definition) is 2. The Labute approximate surface area is 64.8 Å². The molecular weight excluding hydrogens is 152 g/mol. The minimum Gasteiger partial charge on any atom is -0.481 e. The number of aliphatic carboxylic acids is 1. The Morgan fingerprint density at radius 3 is 2.40 bits per heavy atom. The van der Waals surface area contributed by atoms with Gasteiger partial charge in [-0.15, -0.1) is 0 Å². The number of hydrogen-bond acceptors (Lipinski definition) is 3. The van der Waals surface area contributed by atoms with Crippen LogP contribution >= 0.6 is 12.6 Å². The Balaban J connectivity index is 3.68. The minimum absolute atomic E-state index is 0.0822. The van der Waals surface area contributed by atoms with E-state index in [1.807, 2.05) is 0 Å². The summed E-state index contributed by atoms with van der Waals surface area (Å²) in [6, 6.07) is 0. The molecule has 0 spiro atoms. The van der Waals surface area contributed by atoms with Gasteiger partial charge in [-0.1, -0.05) is 6.92 Å². The predicted octanol–water partition coefficient (Wildman–Crippen LogP) is 0.596. The summed E-state index contributed by atoms with van der Waals surface area (Å²) in [6.45, 7) is 1.50. The summed E-state index contributed by atoms with van der Waals surface area (Å²) in [5.41, 5.74) is 0. The maximum atomic E-state index is 10.6. The largest absolute Gasteiger partial charge is 0.481 e. The first kappa shape index (κ1) is 9.49. The molecule has 3 nitrogen and oxygen atoms in total. The van der Waals surface area contributed by atoms with E-state index in [2.05, 4.69) is 12.6 Å². The van der Waals surface area contributed by atoms with E-state index < -0.39 is 11.9 Å². The number of Topliss-reactive ketones (excluding diaryl/α,β-unsaturated/α-hetero) is 1. The fourth-order valence-electron chi connectivity index (χ4n) is 0.493. The van der Waals surface area contributed by atoms with E-state index >= 15 is 0 Å². The number of carboxylic acids is 1. The highest BCUT2D eigenvalue weighted by Crippen LogP contribution is 2.02. The van der Waals surface area contributed by atoms with Crippen molar-refractivity contribution in [1.82, 2.24) is 0 Å². The van der Waals surface area contributed by atoms with Gasteiger partial charge in [0.15, 0.2) is 0 Å². The zero-order valence-electron chi connectivity index (χ0n) is 5.70. The number of carboxylic acid groups (broad SMARTS) is 1. The van der Waals surface area contributed by atoms with Crippen LogP contribution in [0, 0.1) is 5.92 Å². The Morgan fingerprint density at radius 1 is 1.60 bits per heavy atom. The number of ketones is 1. The first-order valence-corrected chi connectivity index (χ1v) is 3.56. The lowest BCUT2D eigenvalue weighted by atomic mass is 10.1. The lowest BCUT2D eigenvalue weighted by Gasteiger charge is -2.01. The van der Waals surface area contributed by atoms with Crippen molar-refractivity contribution in [3.8, 4) is 0 Å². The van der Waals surface area contributed by atoms with Crippen LogP contribution in [0.15, 0.2) is 0 Å². The Bertz CT molecular complexity index is 144. The van der Waals surface area contributed by atoms with Crippen molar-refractivity contribution < 1.29 is 14.7 Å². The Morgan fingerprint density at radius 2 is 2.10 bits per heavy atom. The van der Waals surface area contributed by atoms with Crippen LogP contribution in [0.5, 0.6) is 0 Å². The van der Waals surface area contributed by atoms with E-state index in [9.17, 15) is 9.59 Å². The van der Waals surface area contributed by atoms with Crippen LogP contribution in [0.25, 0.3) is 0 Å². The van der Waals surface area contributed by atoms with Gasteiger partial charge in [0, 0.05) is 12.2 Å². The molecule has 1 atom stereocenters. The molecule has 0 saturated heterocycles. The molecule has 58 valence electrons. The number of carbonyl (C=O) groups is 2. The van der Waals surface area contributed by atoms with Crippen molar-refractivity contribution in [2.75, 3.05) is 5.75 Å². The summed E-state index contributed by atoms with van der Waals surface area (Å²) < 4.78 is 0. The van der Waals surface area contributed by atoms with E-state index in [0.29, 0.717) is 0 Å². The smallest absolute Gasteiger partial charge is 0.306 e. The molecule has 0 fully saturated rings. The number of thiol groups is 1. The van der Waals surface area contributed by atoms with Gasteiger partial charge in [0.1, 0.15) is 5.78 Å². The maximum Gasteiger partial charge on any atom is 0.306 e. The lowest BCUT2D eigenvalue weighted by Crippen LogP contribution is -2.15. The SMILES string of the molecule is CC(CC(=O)CS)C(=O)O.